The average Bonchev–Trinajstić information content (AvgIpc) is 2.79. The number of nitrogens with zero attached hydrogens (tertiary/aromatic N) is 2. The van der Waals surface area contributed by atoms with E-state index in [1.165, 1.54) is 4.31 Å². The number of hydrogen-bond acceptors (Lipinski definition) is 6. The molecule has 9 nitrogen and oxygen atoms in total. The highest BCUT2D eigenvalue weighted by Gasteiger charge is 2.30. The van der Waals surface area contributed by atoms with Crippen LogP contribution < -0.4 is 10.6 Å². The van der Waals surface area contributed by atoms with E-state index < -0.39 is 16.0 Å². The minimum absolute atomic E-state index is 0.112. The van der Waals surface area contributed by atoms with Crippen LogP contribution in [0.2, 0.25) is 0 Å². The number of hydrogen-bond donors (Lipinski definition) is 2. The molecule has 0 radical (unpaired) electrons. The third-order valence-corrected chi connectivity index (χ3v) is 7.90. The van der Waals surface area contributed by atoms with Crippen molar-refractivity contribution >= 4 is 22.0 Å². The van der Waals surface area contributed by atoms with Crippen LogP contribution in [0.15, 0.2) is 40.4 Å². The number of piperazine rings is 1. The molecule has 176 valence electrons. The number of amides is 2. The molecule has 2 N–H and O–H groups in total. The van der Waals surface area contributed by atoms with Crippen LogP contribution in [-0.4, -0.2) is 75.5 Å². The standard InChI is InChI=1S/C22H32N4O5S/c1-4-16(3)17-6-8-18(9-7-17)32(29,30)26-12-10-25(11-13-26)15-20-19(21(27)31-5-2)14-23-22(28)24-20/h6-9,16H,4-5,10-15H2,1-3H3,(H2,23,24,28). The average molecular weight is 465 g/mol. The van der Waals surface area contributed by atoms with Gasteiger partial charge >= 0.3 is 12.0 Å². The van der Waals surface area contributed by atoms with Crippen LogP contribution >= 0.6 is 0 Å². The summed E-state index contributed by atoms with van der Waals surface area (Å²) in [5.74, 6) is -0.0726. The van der Waals surface area contributed by atoms with Gasteiger partial charge in [-0.3, -0.25) is 4.90 Å². The van der Waals surface area contributed by atoms with E-state index in [1.54, 1.807) is 19.1 Å². The molecule has 1 fully saturated rings. The Labute approximate surface area is 189 Å². The first-order valence-electron chi connectivity index (χ1n) is 11.0. The Hall–Kier alpha value is -2.43. The van der Waals surface area contributed by atoms with E-state index in [4.69, 9.17) is 4.74 Å². The summed E-state index contributed by atoms with van der Waals surface area (Å²) in [7, 11) is -3.57. The number of carbonyl (C=O) groups excluding carboxylic acids is 2. The third-order valence-electron chi connectivity index (χ3n) is 5.99. The Balaban J connectivity index is 1.65. The molecule has 0 aromatic heterocycles. The largest absolute Gasteiger partial charge is 0.463 e. The summed E-state index contributed by atoms with van der Waals surface area (Å²) >= 11 is 0. The van der Waals surface area contributed by atoms with E-state index in [-0.39, 0.29) is 19.2 Å². The molecule has 1 aromatic rings. The van der Waals surface area contributed by atoms with E-state index in [0.29, 0.717) is 54.8 Å². The third kappa shape index (κ3) is 5.48. The number of carbonyl (C=O) groups is 2. The molecule has 10 heteroatoms. The molecule has 0 aliphatic carbocycles. The highest BCUT2D eigenvalue weighted by atomic mass is 32.2. The van der Waals surface area contributed by atoms with Gasteiger partial charge in [0.05, 0.1) is 23.6 Å². The van der Waals surface area contributed by atoms with Crippen molar-refractivity contribution in [2.75, 3.05) is 45.9 Å². The lowest BCUT2D eigenvalue weighted by Crippen LogP contribution is -2.52. The van der Waals surface area contributed by atoms with Crippen molar-refractivity contribution in [1.82, 2.24) is 19.8 Å². The van der Waals surface area contributed by atoms with Gasteiger partial charge in [-0.1, -0.05) is 26.0 Å². The molecule has 1 atom stereocenters. The summed E-state index contributed by atoms with van der Waals surface area (Å²) in [4.78, 5) is 26.3. The first kappa shape index (κ1) is 24.2. The van der Waals surface area contributed by atoms with Crippen molar-refractivity contribution in [3.05, 3.63) is 41.1 Å². The highest BCUT2D eigenvalue weighted by Crippen LogP contribution is 2.23. The van der Waals surface area contributed by atoms with Crippen molar-refractivity contribution < 1.29 is 22.7 Å². The molecule has 1 saturated heterocycles. The molecular formula is C22H32N4O5S. The molecule has 1 aromatic carbocycles. The summed E-state index contributed by atoms with van der Waals surface area (Å²) in [6.07, 6.45) is 0.999. The Kier molecular flexibility index (Phi) is 7.91. The second-order valence-electron chi connectivity index (χ2n) is 8.04. The molecule has 0 spiro atoms. The summed E-state index contributed by atoms with van der Waals surface area (Å²) in [6, 6.07) is 6.78. The SMILES string of the molecule is CCOC(=O)C1=C(CN2CCN(S(=O)(=O)c3ccc(C(C)CC)cc3)CC2)NC(=O)NC1. The van der Waals surface area contributed by atoms with Crippen molar-refractivity contribution in [2.45, 2.75) is 38.0 Å². The van der Waals surface area contributed by atoms with Crippen LogP contribution in [0.5, 0.6) is 0 Å². The van der Waals surface area contributed by atoms with Crippen molar-refractivity contribution in [3.63, 3.8) is 0 Å². The summed E-state index contributed by atoms with van der Waals surface area (Å²) in [6.45, 7) is 8.32. The van der Waals surface area contributed by atoms with E-state index >= 15 is 0 Å². The van der Waals surface area contributed by atoms with Crippen LogP contribution in [0.25, 0.3) is 0 Å². The van der Waals surface area contributed by atoms with Crippen LogP contribution in [0.1, 0.15) is 38.7 Å². The maximum atomic E-state index is 13.1. The molecule has 2 amide bonds. The van der Waals surface area contributed by atoms with Gasteiger partial charge in [0, 0.05) is 38.4 Å². The van der Waals surface area contributed by atoms with Gasteiger partial charge in [-0.15, -0.1) is 0 Å². The first-order chi connectivity index (χ1) is 15.3. The lowest BCUT2D eigenvalue weighted by atomic mass is 9.99. The molecular weight excluding hydrogens is 432 g/mol. The number of benzene rings is 1. The fraction of sp³-hybridized carbons (Fsp3) is 0.545. The van der Waals surface area contributed by atoms with Gasteiger partial charge < -0.3 is 15.4 Å². The van der Waals surface area contributed by atoms with Gasteiger partial charge in [-0.25, -0.2) is 18.0 Å². The van der Waals surface area contributed by atoms with Crippen molar-refractivity contribution in [2.24, 2.45) is 0 Å². The Bertz CT molecular complexity index is 967. The molecule has 32 heavy (non-hydrogen) atoms. The summed E-state index contributed by atoms with van der Waals surface area (Å²) in [5.41, 5.74) is 2.03. The second-order valence-corrected chi connectivity index (χ2v) is 9.98. The molecule has 2 aliphatic rings. The van der Waals surface area contributed by atoms with E-state index in [0.717, 1.165) is 12.0 Å². The highest BCUT2D eigenvalue weighted by molar-refractivity contribution is 7.89. The Morgan fingerprint density at radius 2 is 1.78 bits per heavy atom. The number of ether oxygens (including phenoxy) is 1. The predicted molar refractivity (Wildman–Crippen MR) is 121 cm³/mol. The van der Waals surface area contributed by atoms with Gasteiger partial charge in [0.1, 0.15) is 0 Å². The van der Waals surface area contributed by atoms with Crippen LogP contribution in [0, 0.1) is 0 Å². The van der Waals surface area contributed by atoms with Crippen LogP contribution in [0.4, 0.5) is 4.79 Å². The fourth-order valence-corrected chi connectivity index (χ4v) is 5.21. The Morgan fingerprint density at radius 1 is 1.12 bits per heavy atom. The molecule has 2 heterocycles. The van der Waals surface area contributed by atoms with Crippen LogP contribution in [-0.2, 0) is 19.6 Å². The van der Waals surface area contributed by atoms with E-state index in [2.05, 4.69) is 24.5 Å². The molecule has 2 aliphatic heterocycles. The van der Waals surface area contributed by atoms with Gasteiger partial charge in [0.25, 0.3) is 0 Å². The molecule has 1 unspecified atom stereocenters. The number of nitrogens with one attached hydrogen (secondary N) is 2. The van der Waals surface area contributed by atoms with Gasteiger partial charge in [-0.05, 0) is 37.0 Å². The van der Waals surface area contributed by atoms with Crippen molar-refractivity contribution in [1.29, 1.82) is 0 Å². The van der Waals surface area contributed by atoms with Gasteiger partial charge in [0.15, 0.2) is 0 Å². The maximum absolute atomic E-state index is 13.1. The molecule has 0 bridgehead atoms. The number of sulfonamides is 1. The van der Waals surface area contributed by atoms with E-state index in [9.17, 15) is 18.0 Å². The fourth-order valence-electron chi connectivity index (χ4n) is 3.79. The number of urea groups is 1. The molecule has 0 saturated carbocycles. The zero-order valence-electron chi connectivity index (χ0n) is 18.9. The molecule has 3 rings (SSSR count). The van der Waals surface area contributed by atoms with Crippen molar-refractivity contribution in [3.8, 4) is 0 Å². The zero-order valence-corrected chi connectivity index (χ0v) is 19.7. The van der Waals surface area contributed by atoms with E-state index in [1.807, 2.05) is 17.0 Å². The lowest BCUT2D eigenvalue weighted by Gasteiger charge is -2.35. The minimum Gasteiger partial charge on any atom is -0.463 e. The smallest absolute Gasteiger partial charge is 0.337 e. The predicted octanol–water partition coefficient (Wildman–Crippen LogP) is 1.64. The zero-order chi connectivity index (χ0) is 23.3. The minimum atomic E-state index is -3.57. The topological polar surface area (TPSA) is 108 Å². The summed E-state index contributed by atoms with van der Waals surface area (Å²) < 4.78 is 32.7. The normalized spacial score (nSPS) is 19.3. The van der Waals surface area contributed by atoms with Crippen LogP contribution in [0.3, 0.4) is 0 Å². The van der Waals surface area contributed by atoms with Gasteiger partial charge in [0.2, 0.25) is 10.0 Å². The number of esters is 1. The number of rotatable bonds is 8. The lowest BCUT2D eigenvalue weighted by molar-refractivity contribution is -0.138. The quantitative estimate of drug-likeness (QED) is 0.566. The van der Waals surface area contributed by atoms with Gasteiger partial charge in [-0.2, -0.15) is 4.31 Å². The monoisotopic (exact) mass is 464 g/mol. The second kappa shape index (κ2) is 10.5. The summed E-state index contributed by atoms with van der Waals surface area (Å²) in [5, 5.41) is 5.28. The Morgan fingerprint density at radius 3 is 2.38 bits per heavy atom. The maximum Gasteiger partial charge on any atom is 0.337 e. The first-order valence-corrected chi connectivity index (χ1v) is 12.5.